The second kappa shape index (κ2) is 4.77. The molecule has 104 valence electrons. The van der Waals surface area contributed by atoms with Crippen molar-refractivity contribution in [1.29, 1.82) is 0 Å². The SMILES string of the molecule is O=C1NCCc2c1n(Cc1ccccc1)c1ccccc21. The predicted octanol–water partition coefficient (Wildman–Crippen LogP) is 2.98. The molecule has 1 aromatic heterocycles. The van der Waals surface area contributed by atoms with E-state index in [0.717, 1.165) is 30.7 Å². The minimum absolute atomic E-state index is 0.0448. The molecule has 2 aromatic carbocycles. The van der Waals surface area contributed by atoms with E-state index in [1.54, 1.807) is 0 Å². The van der Waals surface area contributed by atoms with Crippen molar-refractivity contribution in [3.05, 3.63) is 71.4 Å². The summed E-state index contributed by atoms with van der Waals surface area (Å²) in [5.74, 6) is 0.0448. The zero-order chi connectivity index (χ0) is 14.2. The lowest BCUT2D eigenvalue weighted by Gasteiger charge is -2.16. The fourth-order valence-electron chi connectivity index (χ4n) is 3.20. The Balaban J connectivity index is 1.95. The summed E-state index contributed by atoms with van der Waals surface area (Å²) >= 11 is 0. The molecule has 2 heterocycles. The maximum absolute atomic E-state index is 12.3. The molecule has 4 rings (SSSR count). The van der Waals surface area contributed by atoms with Gasteiger partial charge in [0, 0.05) is 24.0 Å². The Bertz CT molecular complexity index is 818. The topological polar surface area (TPSA) is 34.0 Å². The molecule has 1 N–H and O–H groups in total. The van der Waals surface area contributed by atoms with Crippen LogP contribution in [0.25, 0.3) is 10.9 Å². The van der Waals surface area contributed by atoms with Gasteiger partial charge in [-0.15, -0.1) is 0 Å². The monoisotopic (exact) mass is 276 g/mol. The Kier molecular flexibility index (Phi) is 2.78. The van der Waals surface area contributed by atoms with E-state index < -0.39 is 0 Å². The van der Waals surface area contributed by atoms with Crippen molar-refractivity contribution in [2.24, 2.45) is 0 Å². The van der Waals surface area contributed by atoms with Crippen molar-refractivity contribution in [1.82, 2.24) is 9.88 Å². The average molecular weight is 276 g/mol. The first-order chi connectivity index (χ1) is 10.3. The summed E-state index contributed by atoms with van der Waals surface area (Å²) in [6.07, 6.45) is 0.906. The number of carbonyl (C=O) groups is 1. The molecular weight excluding hydrogens is 260 g/mol. The first-order valence-electron chi connectivity index (χ1n) is 7.27. The minimum atomic E-state index is 0.0448. The van der Waals surface area contributed by atoms with Gasteiger partial charge in [0.05, 0.1) is 0 Å². The van der Waals surface area contributed by atoms with Gasteiger partial charge in [-0.3, -0.25) is 4.79 Å². The second-order valence-corrected chi connectivity index (χ2v) is 5.42. The van der Waals surface area contributed by atoms with Gasteiger partial charge in [0.2, 0.25) is 0 Å². The second-order valence-electron chi connectivity index (χ2n) is 5.42. The molecule has 0 bridgehead atoms. The summed E-state index contributed by atoms with van der Waals surface area (Å²) in [4.78, 5) is 12.3. The van der Waals surface area contributed by atoms with Gasteiger partial charge in [-0.2, -0.15) is 0 Å². The van der Waals surface area contributed by atoms with Gasteiger partial charge in [0.25, 0.3) is 5.91 Å². The number of benzene rings is 2. The Morgan fingerprint density at radius 3 is 2.62 bits per heavy atom. The summed E-state index contributed by atoms with van der Waals surface area (Å²) in [6.45, 7) is 1.45. The molecule has 3 heteroatoms. The number of nitrogens with one attached hydrogen (secondary N) is 1. The molecule has 1 aliphatic heterocycles. The van der Waals surface area contributed by atoms with Crippen LogP contribution in [0.1, 0.15) is 21.6 Å². The first kappa shape index (κ1) is 12.2. The van der Waals surface area contributed by atoms with Crippen LogP contribution in [-0.4, -0.2) is 17.0 Å². The summed E-state index contributed by atoms with van der Waals surface area (Å²) in [6, 6.07) is 18.6. The fourth-order valence-corrected chi connectivity index (χ4v) is 3.20. The van der Waals surface area contributed by atoms with E-state index in [4.69, 9.17) is 0 Å². The predicted molar refractivity (Wildman–Crippen MR) is 83.5 cm³/mol. The summed E-state index contributed by atoms with van der Waals surface area (Å²) in [7, 11) is 0. The molecule has 1 aliphatic rings. The van der Waals surface area contributed by atoms with Crippen molar-refractivity contribution in [3.63, 3.8) is 0 Å². The molecule has 0 fully saturated rings. The smallest absolute Gasteiger partial charge is 0.268 e. The van der Waals surface area contributed by atoms with E-state index in [1.165, 1.54) is 16.5 Å². The molecule has 0 atom stereocenters. The molecule has 21 heavy (non-hydrogen) atoms. The number of hydrogen-bond donors (Lipinski definition) is 1. The van der Waals surface area contributed by atoms with Crippen LogP contribution in [-0.2, 0) is 13.0 Å². The molecule has 0 saturated heterocycles. The van der Waals surface area contributed by atoms with Crippen molar-refractivity contribution in [2.45, 2.75) is 13.0 Å². The normalized spacial score (nSPS) is 14.0. The van der Waals surface area contributed by atoms with E-state index >= 15 is 0 Å². The van der Waals surface area contributed by atoms with Gasteiger partial charge in [-0.05, 0) is 23.6 Å². The largest absolute Gasteiger partial charge is 0.350 e. The number of rotatable bonds is 2. The number of hydrogen-bond acceptors (Lipinski definition) is 1. The van der Waals surface area contributed by atoms with Crippen molar-refractivity contribution < 1.29 is 4.79 Å². The average Bonchev–Trinajstić information content (AvgIpc) is 2.84. The third kappa shape index (κ3) is 1.93. The number of fused-ring (bicyclic) bond motifs is 3. The Morgan fingerprint density at radius 2 is 1.76 bits per heavy atom. The highest BCUT2D eigenvalue weighted by atomic mass is 16.2. The number of amides is 1. The zero-order valence-electron chi connectivity index (χ0n) is 11.7. The van der Waals surface area contributed by atoms with E-state index in [2.05, 4.69) is 34.1 Å². The van der Waals surface area contributed by atoms with Crippen LogP contribution in [0.15, 0.2) is 54.6 Å². The number of aromatic nitrogens is 1. The van der Waals surface area contributed by atoms with Crippen LogP contribution in [0.3, 0.4) is 0 Å². The molecule has 3 nitrogen and oxygen atoms in total. The van der Waals surface area contributed by atoms with Gasteiger partial charge in [-0.1, -0.05) is 48.5 Å². The summed E-state index contributed by atoms with van der Waals surface area (Å²) in [5, 5.41) is 4.17. The van der Waals surface area contributed by atoms with Crippen LogP contribution >= 0.6 is 0 Å². The van der Waals surface area contributed by atoms with Crippen molar-refractivity contribution in [3.8, 4) is 0 Å². The molecule has 0 aliphatic carbocycles. The molecule has 3 aromatic rings. The summed E-state index contributed by atoms with van der Waals surface area (Å²) < 4.78 is 2.15. The van der Waals surface area contributed by atoms with E-state index in [1.807, 2.05) is 30.3 Å². The molecule has 0 saturated carbocycles. The van der Waals surface area contributed by atoms with Crippen LogP contribution < -0.4 is 5.32 Å². The highest BCUT2D eigenvalue weighted by molar-refractivity contribution is 6.02. The number of nitrogens with zero attached hydrogens (tertiary/aromatic N) is 1. The maximum Gasteiger partial charge on any atom is 0.268 e. The zero-order valence-corrected chi connectivity index (χ0v) is 11.7. The lowest BCUT2D eigenvalue weighted by Crippen LogP contribution is -2.33. The first-order valence-corrected chi connectivity index (χ1v) is 7.27. The molecule has 0 spiro atoms. The quantitative estimate of drug-likeness (QED) is 0.767. The third-order valence-electron chi connectivity index (χ3n) is 4.13. The Hall–Kier alpha value is -2.55. The van der Waals surface area contributed by atoms with Crippen molar-refractivity contribution >= 4 is 16.8 Å². The number of carbonyl (C=O) groups excluding carboxylic acids is 1. The van der Waals surface area contributed by atoms with Gasteiger partial charge >= 0.3 is 0 Å². The highest BCUT2D eigenvalue weighted by Crippen LogP contribution is 2.29. The Labute approximate surface area is 123 Å². The van der Waals surface area contributed by atoms with Gasteiger partial charge in [0.15, 0.2) is 0 Å². The lowest BCUT2D eigenvalue weighted by molar-refractivity contribution is 0.0937. The van der Waals surface area contributed by atoms with Gasteiger partial charge in [-0.25, -0.2) is 0 Å². The van der Waals surface area contributed by atoms with E-state index in [0.29, 0.717) is 0 Å². The standard InChI is InChI=1S/C18H16N2O/c21-18-17-15(10-11-19-18)14-8-4-5-9-16(14)20(17)12-13-6-2-1-3-7-13/h1-9H,10-12H2,(H,19,21). The molecular formula is C18H16N2O. The third-order valence-corrected chi connectivity index (χ3v) is 4.13. The van der Waals surface area contributed by atoms with Crippen LogP contribution in [0.2, 0.25) is 0 Å². The van der Waals surface area contributed by atoms with Crippen LogP contribution in [0, 0.1) is 0 Å². The molecule has 1 amide bonds. The molecule has 0 radical (unpaired) electrons. The summed E-state index contributed by atoms with van der Waals surface area (Å²) in [5.41, 5.74) is 4.36. The van der Waals surface area contributed by atoms with Gasteiger partial charge in [0.1, 0.15) is 5.69 Å². The maximum atomic E-state index is 12.3. The highest BCUT2D eigenvalue weighted by Gasteiger charge is 2.25. The lowest BCUT2D eigenvalue weighted by atomic mass is 10.0. The fraction of sp³-hybridized carbons (Fsp3) is 0.167. The van der Waals surface area contributed by atoms with Gasteiger partial charge < -0.3 is 9.88 Å². The van der Waals surface area contributed by atoms with Crippen molar-refractivity contribution in [2.75, 3.05) is 6.54 Å². The number of para-hydroxylation sites is 1. The minimum Gasteiger partial charge on any atom is -0.350 e. The van der Waals surface area contributed by atoms with E-state index in [9.17, 15) is 4.79 Å². The molecule has 0 unspecified atom stereocenters. The van der Waals surface area contributed by atoms with Crippen LogP contribution in [0.5, 0.6) is 0 Å². The Morgan fingerprint density at radius 1 is 1.00 bits per heavy atom. The van der Waals surface area contributed by atoms with E-state index in [-0.39, 0.29) is 5.91 Å². The van der Waals surface area contributed by atoms with Crippen LogP contribution in [0.4, 0.5) is 0 Å².